The quantitative estimate of drug-likeness (QED) is 0.644. The molecule has 1 aromatic carbocycles. The van der Waals surface area contributed by atoms with E-state index in [1.807, 2.05) is 31.2 Å². The molecule has 0 radical (unpaired) electrons. The van der Waals surface area contributed by atoms with Gasteiger partial charge in [-0.15, -0.1) is 0 Å². The van der Waals surface area contributed by atoms with Gasteiger partial charge in [-0.2, -0.15) is 10.2 Å². The Bertz CT molecular complexity index is 604. The third-order valence-corrected chi connectivity index (χ3v) is 2.41. The second kappa shape index (κ2) is 5.81. The lowest BCUT2D eigenvalue weighted by Gasteiger charge is -1.99. The molecule has 0 aliphatic heterocycles. The number of aromatic amines is 1. The normalized spacial score (nSPS) is 10.6. The van der Waals surface area contributed by atoms with Crippen LogP contribution in [0.1, 0.15) is 21.7 Å². The van der Waals surface area contributed by atoms with Crippen molar-refractivity contribution in [1.82, 2.24) is 15.6 Å². The number of ether oxygens (including phenoxy) is 1. The van der Waals surface area contributed by atoms with E-state index in [1.165, 1.54) is 0 Å². The van der Waals surface area contributed by atoms with Gasteiger partial charge in [-0.05, 0) is 30.7 Å². The maximum Gasteiger partial charge on any atom is 0.291 e. The largest absolute Gasteiger partial charge is 0.497 e. The number of hydrazone groups is 1. The average molecular weight is 258 g/mol. The van der Waals surface area contributed by atoms with E-state index in [0.29, 0.717) is 5.69 Å². The Morgan fingerprint density at radius 3 is 3.00 bits per heavy atom. The van der Waals surface area contributed by atoms with Gasteiger partial charge in [0.25, 0.3) is 5.91 Å². The van der Waals surface area contributed by atoms with Gasteiger partial charge in [0.2, 0.25) is 0 Å². The minimum absolute atomic E-state index is 0.306. The topological polar surface area (TPSA) is 79.4 Å². The van der Waals surface area contributed by atoms with Gasteiger partial charge in [0.1, 0.15) is 5.75 Å². The summed E-state index contributed by atoms with van der Waals surface area (Å²) < 4.78 is 5.09. The molecular formula is C13H14N4O2. The standard InChI is InChI=1S/C13H14N4O2/c1-9-6-12(16-15-9)13(18)17-14-8-10-4-3-5-11(7-10)19-2/h3-8H,1-2H3,(H,15,16)(H,17,18)/b14-8+. The number of rotatable bonds is 4. The molecule has 1 heterocycles. The van der Waals surface area contributed by atoms with E-state index in [-0.39, 0.29) is 5.91 Å². The Morgan fingerprint density at radius 1 is 1.47 bits per heavy atom. The molecule has 0 unspecified atom stereocenters. The zero-order chi connectivity index (χ0) is 13.7. The fraction of sp³-hybridized carbons (Fsp3) is 0.154. The van der Waals surface area contributed by atoms with Crippen molar-refractivity contribution in [2.24, 2.45) is 5.10 Å². The lowest BCUT2D eigenvalue weighted by Crippen LogP contribution is -2.18. The number of carbonyl (C=O) groups is 1. The highest BCUT2D eigenvalue weighted by molar-refractivity contribution is 5.93. The highest BCUT2D eigenvalue weighted by Crippen LogP contribution is 2.10. The maximum absolute atomic E-state index is 11.6. The van der Waals surface area contributed by atoms with Crippen molar-refractivity contribution in [2.75, 3.05) is 7.11 Å². The predicted molar refractivity (Wildman–Crippen MR) is 71.4 cm³/mol. The molecule has 1 aromatic heterocycles. The first-order valence-corrected chi connectivity index (χ1v) is 5.68. The van der Waals surface area contributed by atoms with Crippen LogP contribution in [0.3, 0.4) is 0 Å². The van der Waals surface area contributed by atoms with Crippen molar-refractivity contribution in [2.45, 2.75) is 6.92 Å². The van der Waals surface area contributed by atoms with E-state index in [2.05, 4.69) is 20.7 Å². The molecule has 98 valence electrons. The number of aryl methyl sites for hydroxylation is 1. The number of amides is 1. The van der Waals surface area contributed by atoms with E-state index in [1.54, 1.807) is 19.4 Å². The van der Waals surface area contributed by atoms with E-state index >= 15 is 0 Å². The van der Waals surface area contributed by atoms with Crippen molar-refractivity contribution >= 4 is 12.1 Å². The van der Waals surface area contributed by atoms with Gasteiger partial charge in [0, 0.05) is 5.69 Å². The summed E-state index contributed by atoms with van der Waals surface area (Å²) >= 11 is 0. The Kier molecular flexibility index (Phi) is 3.92. The van der Waals surface area contributed by atoms with E-state index in [4.69, 9.17) is 4.74 Å². The first kappa shape index (κ1) is 12.8. The maximum atomic E-state index is 11.6. The second-order valence-corrected chi connectivity index (χ2v) is 3.91. The number of hydrogen-bond acceptors (Lipinski definition) is 4. The molecule has 2 rings (SSSR count). The number of methoxy groups -OCH3 is 1. The van der Waals surface area contributed by atoms with Crippen LogP contribution in [0.25, 0.3) is 0 Å². The summed E-state index contributed by atoms with van der Waals surface area (Å²) in [4.78, 5) is 11.6. The molecule has 6 nitrogen and oxygen atoms in total. The number of hydrogen-bond donors (Lipinski definition) is 2. The highest BCUT2D eigenvalue weighted by atomic mass is 16.5. The van der Waals surface area contributed by atoms with Crippen molar-refractivity contribution in [1.29, 1.82) is 0 Å². The van der Waals surface area contributed by atoms with E-state index < -0.39 is 0 Å². The zero-order valence-electron chi connectivity index (χ0n) is 10.7. The molecule has 0 fully saturated rings. The number of benzene rings is 1. The molecule has 2 aromatic rings. The van der Waals surface area contributed by atoms with Crippen LogP contribution >= 0.6 is 0 Å². The molecule has 0 spiro atoms. The van der Waals surface area contributed by atoms with Crippen molar-refractivity contribution in [3.63, 3.8) is 0 Å². The first-order valence-electron chi connectivity index (χ1n) is 5.68. The van der Waals surface area contributed by atoms with Gasteiger partial charge in [0.05, 0.1) is 13.3 Å². The number of nitrogens with zero attached hydrogens (tertiary/aromatic N) is 2. The van der Waals surface area contributed by atoms with Gasteiger partial charge in [-0.25, -0.2) is 5.43 Å². The summed E-state index contributed by atoms with van der Waals surface area (Å²) in [5.74, 6) is 0.377. The third kappa shape index (κ3) is 3.41. The van der Waals surface area contributed by atoms with Crippen LogP contribution in [0, 0.1) is 6.92 Å². The molecule has 1 amide bonds. The summed E-state index contributed by atoms with van der Waals surface area (Å²) in [6.45, 7) is 1.82. The van der Waals surface area contributed by atoms with Crippen molar-refractivity contribution < 1.29 is 9.53 Å². The third-order valence-electron chi connectivity index (χ3n) is 2.41. The average Bonchev–Trinajstić information content (AvgIpc) is 2.86. The molecule has 0 atom stereocenters. The predicted octanol–water partition coefficient (Wildman–Crippen LogP) is 1.49. The lowest BCUT2D eigenvalue weighted by molar-refractivity contribution is 0.0950. The van der Waals surface area contributed by atoms with Crippen LogP contribution in [0.4, 0.5) is 0 Å². The second-order valence-electron chi connectivity index (χ2n) is 3.91. The molecule has 19 heavy (non-hydrogen) atoms. The summed E-state index contributed by atoms with van der Waals surface area (Å²) in [5, 5.41) is 10.4. The van der Waals surface area contributed by atoms with Crippen molar-refractivity contribution in [3.05, 3.63) is 47.3 Å². The van der Waals surface area contributed by atoms with Crippen LogP contribution < -0.4 is 10.2 Å². The van der Waals surface area contributed by atoms with Crippen LogP contribution in [-0.2, 0) is 0 Å². The molecule has 6 heteroatoms. The number of carbonyl (C=O) groups excluding carboxylic acids is 1. The number of H-pyrrole nitrogens is 1. The summed E-state index contributed by atoms with van der Waals surface area (Å²) in [7, 11) is 1.60. The van der Waals surface area contributed by atoms with Gasteiger partial charge in [-0.1, -0.05) is 12.1 Å². The SMILES string of the molecule is COc1cccc(/C=N/NC(=O)c2cc(C)[nH]n2)c1. The van der Waals surface area contributed by atoms with Gasteiger partial charge >= 0.3 is 0 Å². The molecule has 2 N–H and O–H groups in total. The molecule has 0 bridgehead atoms. The Morgan fingerprint density at radius 2 is 2.32 bits per heavy atom. The van der Waals surface area contributed by atoms with Crippen LogP contribution in [0.2, 0.25) is 0 Å². The van der Waals surface area contributed by atoms with Crippen LogP contribution in [-0.4, -0.2) is 29.4 Å². The van der Waals surface area contributed by atoms with Gasteiger partial charge in [0.15, 0.2) is 5.69 Å². The van der Waals surface area contributed by atoms with Gasteiger partial charge < -0.3 is 4.74 Å². The zero-order valence-corrected chi connectivity index (χ0v) is 10.7. The molecular weight excluding hydrogens is 244 g/mol. The fourth-order valence-corrected chi connectivity index (χ4v) is 1.48. The molecule has 0 aliphatic rings. The molecule has 0 saturated heterocycles. The van der Waals surface area contributed by atoms with E-state index in [9.17, 15) is 4.79 Å². The van der Waals surface area contributed by atoms with Crippen LogP contribution in [0.5, 0.6) is 5.75 Å². The molecule has 0 saturated carbocycles. The number of aromatic nitrogens is 2. The summed E-state index contributed by atoms with van der Waals surface area (Å²) in [6.07, 6.45) is 1.54. The van der Waals surface area contributed by atoms with Crippen LogP contribution in [0.15, 0.2) is 35.4 Å². The monoisotopic (exact) mass is 258 g/mol. The summed E-state index contributed by atoms with van der Waals surface area (Å²) in [6, 6.07) is 9.00. The highest BCUT2D eigenvalue weighted by Gasteiger charge is 2.07. The number of nitrogens with one attached hydrogen (secondary N) is 2. The Labute approximate surface area is 110 Å². The van der Waals surface area contributed by atoms with Crippen molar-refractivity contribution in [3.8, 4) is 5.75 Å². The first-order chi connectivity index (χ1) is 9.19. The fourth-order valence-electron chi connectivity index (χ4n) is 1.48. The molecule has 0 aliphatic carbocycles. The van der Waals surface area contributed by atoms with E-state index in [0.717, 1.165) is 17.0 Å². The Balaban J connectivity index is 1.97. The summed E-state index contributed by atoms with van der Waals surface area (Å²) in [5.41, 5.74) is 4.36. The minimum Gasteiger partial charge on any atom is -0.497 e. The minimum atomic E-state index is -0.358. The lowest BCUT2D eigenvalue weighted by atomic mass is 10.2. The smallest absolute Gasteiger partial charge is 0.291 e. The Hall–Kier alpha value is -2.63. The van der Waals surface area contributed by atoms with Gasteiger partial charge in [-0.3, -0.25) is 9.89 Å².